The molecule has 9 nitrogen and oxygen atoms in total. The van der Waals surface area contributed by atoms with Crippen molar-refractivity contribution < 1.29 is 8.42 Å². The van der Waals surface area contributed by atoms with Crippen LogP contribution in [-0.4, -0.2) is 73.7 Å². The Balaban J connectivity index is 0.00000312. The van der Waals surface area contributed by atoms with Crippen LogP contribution in [0.25, 0.3) is 0 Å². The molecule has 0 radical (unpaired) electrons. The predicted octanol–water partition coefficient (Wildman–Crippen LogP) is 0.0945. The van der Waals surface area contributed by atoms with Crippen LogP contribution in [0.15, 0.2) is 4.99 Å². The zero-order valence-corrected chi connectivity index (χ0v) is 18.5. The van der Waals surface area contributed by atoms with E-state index in [1.807, 2.05) is 13.8 Å². The van der Waals surface area contributed by atoms with E-state index in [1.165, 1.54) is 11.5 Å². The largest absolute Gasteiger partial charge is 0.357 e. The third kappa shape index (κ3) is 7.19. The number of aromatic nitrogens is 2. The highest BCUT2D eigenvalue weighted by Gasteiger charge is 2.22. The molecule has 3 N–H and O–H groups in total. The van der Waals surface area contributed by atoms with Crippen LogP contribution in [0.1, 0.15) is 19.7 Å². The maximum absolute atomic E-state index is 11.0. The van der Waals surface area contributed by atoms with Crippen molar-refractivity contribution in [1.29, 1.82) is 0 Å². The number of piperazine rings is 1. The number of nitrogens with one attached hydrogen (secondary N) is 1. The maximum atomic E-state index is 11.0. The zero-order chi connectivity index (χ0) is 17.6. The van der Waals surface area contributed by atoms with Gasteiger partial charge >= 0.3 is 0 Å². The summed E-state index contributed by atoms with van der Waals surface area (Å²) in [5.41, 5.74) is 0. The molecule has 25 heavy (non-hydrogen) atoms. The smallest absolute Gasteiger partial charge is 0.210 e. The fourth-order valence-corrected chi connectivity index (χ4v) is 3.48. The van der Waals surface area contributed by atoms with Crippen LogP contribution in [-0.2, 0) is 16.4 Å². The summed E-state index contributed by atoms with van der Waals surface area (Å²) in [5, 5.41) is 9.18. The van der Waals surface area contributed by atoms with Gasteiger partial charge in [0.1, 0.15) is 5.82 Å². The molecule has 0 spiro atoms. The Kier molecular flexibility index (Phi) is 9.30. The highest BCUT2D eigenvalue weighted by molar-refractivity contribution is 14.0. The Morgan fingerprint density at radius 3 is 2.52 bits per heavy atom. The predicted molar refractivity (Wildman–Crippen MR) is 112 cm³/mol. The summed E-state index contributed by atoms with van der Waals surface area (Å²) in [7, 11) is -3.49. The average Bonchev–Trinajstić information content (AvgIpc) is 3.02. The summed E-state index contributed by atoms with van der Waals surface area (Å²) in [6.45, 7) is 8.17. The molecule has 1 fully saturated rings. The Morgan fingerprint density at radius 1 is 1.32 bits per heavy atom. The van der Waals surface area contributed by atoms with E-state index < -0.39 is 10.0 Å². The number of nitrogens with two attached hydrogens (primary N) is 1. The second kappa shape index (κ2) is 10.4. The molecule has 12 heteroatoms. The fourth-order valence-electron chi connectivity index (χ4n) is 2.33. The highest BCUT2D eigenvalue weighted by Crippen LogP contribution is 2.19. The standard InChI is InChI=1S/C13H25N7O2S2.HI/c1-3-11-17-13(23-18-11)20-8-6-19(7-9-20)12(15-4-2)16-5-10-24(14,21)22;/h3-10H2,1-2H3,(H,15,16)(H2,14,21,22);1H. The molecule has 2 heterocycles. The van der Waals surface area contributed by atoms with E-state index in [2.05, 4.69) is 29.5 Å². The van der Waals surface area contributed by atoms with Crippen LogP contribution in [0.2, 0.25) is 0 Å². The molecule has 144 valence electrons. The van der Waals surface area contributed by atoms with Gasteiger partial charge in [0.15, 0.2) is 5.96 Å². The molecule has 0 saturated carbocycles. The van der Waals surface area contributed by atoms with Crippen LogP contribution in [0.3, 0.4) is 0 Å². The van der Waals surface area contributed by atoms with Gasteiger partial charge in [0.2, 0.25) is 15.2 Å². The zero-order valence-electron chi connectivity index (χ0n) is 14.5. The van der Waals surface area contributed by atoms with E-state index in [0.717, 1.165) is 56.1 Å². The third-order valence-electron chi connectivity index (χ3n) is 3.60. The minimum atomic E-state index is -3.49. The van der Waals surface area contributed by atoms with E-state index >= 15 is 0 Å². The summed E-state index contributed by atoms with van der Waals surface area (Å²) < 4.78 is 26.4. The van der Waals surface area contributed by atoms with Gasteiger partial charge in [-0.3, -0.25) is 4.99 Å². The second-order valence-electron chi connectivity index (χ2n) is 5.42. The number of primary sulfonamides is 1. The van der Waals surface area contributed by atoms with Gasteiger partial charge in [0, 0.05) is 50.7 Å². The van der Waals surface area contributed by atoms with Crippen molar-refractivity contribution in [1.82, 2.24) is 19.6 Å². The summed E-state index contributed by atoms with van der Waals surface area (Å²) in [5.74, 6) is 1.47. The molecule has 2 rings (SSSR count). The van der Waals surface area contributed by atoms with E-state index in [9.17, 15) is 8.42 Å². The van der Waals surface area contributed by atoms with E-state index in [1.54, 1.807) is 0 Å². The van der Waals surface area contributed by atoms with Gasteiger partial charge in [0.05, 0.1) is 12.3 Å². The van der Waals surface area contributed by atoms with Crippen molar-refractivity contribution in [3.05, 3.63) is 5.82 Å². The molecule has 0 aromatic carbocycles. The number of aryl methyl sites for hydroxylation is 1. The molecular formula is C13H26IN7O2S2. The van der Waals surface area contributed by atoms with Crippen molar-refractivity contribution in [2.24, 2.45) is 10.1 Å². The number of nitrogens with zero attached hydrogens (tertiary/aromatic N) is 5. The van der Waals surface area contributed by atoms with Gasteiger partial charge in [0.25, 0.3) is 0 Å². The monoisotopic (exact) mass is 503 g/mol. The number of rotatable bonds is 6. The normalized spacial score (nSPS) is 15.9. The lowest BCUT2D eigenvalue weighted by Crippen LogP contribution is -2.52. The van der Waals surface area contributed by atoms with Gasteiger partial charge < -0.3 is 15.1 Å². The lowest BCUT2D eigenvalue weighted by Gasteiger charge is -2.36. The first-order chi connectivity index (χ1) is 11.4. The van der Waals surface area contributed by atoms with Gasteiger partial charge in [-0.2, -0.15) is 4.37 Å². The van der Waals surface area contributed by atoms with Gasteiger partial charge in [-0.15, -0.1) is 24.0 Å². The summed E-state index contributed by atoms with van der Waals surface area (Å²) in [6.07, 6.45) is 0.845. The SMILES string of the molecule is CCNC(=NCCS(N)(=O)=O)N1CCN(c2nc(CC)ns2)CC1.I. The number of aliphatic imine (C=N–C) groups is 1. The number of sulfonamides is 1. The van der Waals surface area contributed by atoms with Crippen LogP contribution >= 0.6 is 35.5 Å². The number of hydrogen-bond acceptors (Lipinski definition) is 7. The first-order valence-electron chi connectivity index (χ1n) is 8.04. The van der Waals surface area contributed by atoms with Gasteiger partial charge in [-0.25, -0.2) is 18.5 Å². The van der Waals surface area contributed by atoms with E-state index in [-0.39, 0.29) is 36.3 Å². The third-order valence-corrected chi connectivity index (χ3v) is 5.16. The molecular weight excluding hydrogens is 477 g/mol. The van der Waals surface area contributed by atoms with Crippen molar-refractivity contribution in [3.8, 4) is 0 Å². The van der Waals surface area contributed by atoms with E-state index in [0.29, 0.717) is 0 Å². The van der Waals surface area contributed by atoms with Crippen molar-refractivity contribution in [2.75, 3.05) is 49.9 Å². The maximum Gasteiger partial charge on any atom is 0.210 e. The minimum Gasteiger partial charge on any atom is -0.357 e. The van der Waals surface area contributed by atoms with Crippen molar-refractivity contribution >= 4 is 56.6 Å². The Bertz CT molecular complexity index is 657. The van der Waals surface area contributed by atoms with Gasteiger partial charge in [-0.05, 0) is 6.92 Å². The number of anilines is 1. The van der Waals surface area contributed by atoms with Crippen LogP contribution < -0.4 is 15.4 Å². The van der Waals surface area contributed by atoms with Crippen LogP contribution in [0, 0.1) is 0 Å². The second-order valence-corrected chi connectivity index (χ2v) is 7.89. The molecule has 1 saturated heterocycles. The van der Waals surface area contributed by atoms with Crippen molar-refractivity contribution in [2.45, 2.75) is 20.3 Å². The number of halogens is 1. The molecule has 1 aromatic heterocycles. The highest BCUT2D eigenvalue weighted by atomic mass is 127. The fraction of sp³-hybridized carbons (Fsp3) is 0.769. The summed E-state index contributed by atoms with van der Waals surface area (Å²) >= 11 is 1.44. The average molecular weight is 503 g/mol. The first-order valence-corrected chi connectivity index (χ1v) is 10.5. The quantitative estimate of drug-likeness (QED) is 0.321. The molecule has 0 atom stereocenters. The van der Waals surface area contributed by atoms with Crippen LogP contribution in [0.5, 0.6) is 0 Å². The summed E-state index contributed by atoms with van der Waals surface area (Å²) in [6, 6.07) is 0. The lowest BCUT2D eigenvalue weighted by atomic mass is 10.3. The molecule has 1 aliphatic rings. The number of hydrogen-bond donors (Lipinski definition) is 2. The van der Waals surface area contributed by atoms with Crippen molar-refractivity contribution in [3.63, 3.8) is 0 Å². The van der Waals surface area contributed by atoms with E-state index in [4.69, 9.17) is 5.14 Å². The number of guanidine groups is 1. The molecule has 1 aromatic rings. The molecule has 0 bridgehead atoms. The lowest BCUT2D eigenvalue weighted by molar-refractivity contribution is 0.372. The Labute approximate surface area is 170 Å². The topological polar surface area (TPSA) is 117 Å². The summed E-state index contributed by atoms with van der Waals surface area (Å²) in [4.78, 5) is 13.2. The molecule has 1 aliphatic heterocycles. The first kappa shape index (κ1) is 22.3. The molecule has 0 amide bonds. The van der Waals surface area contributed by atoms with Crippen LogP contribution in [0.4, 0.5) is 5.13 Å². The minimum absolute atomic E-state index is 0. The molecule has 0 unspecified atom stereocenters. The Morgan fingerprint density at radius 2 is 2.00 bits per heavy atom. The molecule has 0 aliphatic carbocycles. The van der Waals surface area contributed by atoms with Gasteiger partial charge in [-0.1, -0.05) is 6.92 Å². The Hall–Kier alpha value is -0.730.